The van der Waals surface area contributed by atoms with Gasteiger partial charge in [0, 0.05) is 43.2 Å². The maximum Gasteiger partial charge on any atom is 0.304 e. The van der Waals surface area contributed by atoms with Crippen molar-refractivity contribution in [2.75, 3.05) is 11.0 Å². The minimum Gasteiger partial charge on any atom is -0.443 e. The number of sulfonamides is 1. The number of esters is 1. The second-order valence-electron chi connectivity index (χ2n) is 7.84. The Hall–Kier alpha value is -4.19. The molecule has 0 aliphatic rings. The Bertz CT molecular complexity index is 1560. The number of ether oxygens (including phenoxy) is 1. The van der Waals surface area contributed by atoms with Gasteiger partial charge in [0.2, 0.25) is 0 Å². The number of halogens is 3. The molecule has 8 nitrogen and oxygen atoms in total. The van der Waals surface area contributed by atoms with Crippen molar-refractivity contribution in [3.8, 4) is 22.4 Å². The summed E-state index contributed by atoms with van der Waals surface area (Å²) in [6, 6.07) is 8.72. The van der Waals surface area contributed by atoms with E-state index in [0.29, 0.717) is 34.1 Å². The van der Waals surface area contributed by atoms with Crippen LogP contribution < -0.4 is 4.31 Å². The van der Waals surface area contributed by atoms with Gasteiger partial charge in [-0.15, -0.1) is 0 Å². The van der Waals surface area contributed by atoms with Gasteiger partial charge in [-0.05, 0) is 61.0 Å². The lowest BCUT2D eigenvalue weighted by Crippen LogP contribution is -2.34. The van der Waals surface area contributed by atoms with E-state index >= 15 is 4.39 Å². The third-order valence-corrected chi connectivity index (χ3v) is 7.18. The van der Waals surface area contributed by atoms with Crippen LogP contribution in [0.25, 0.3) is 22.4 Å². The Morgan fingerprint density at radius 1 is 1.00 bits per heavy atom. The molecule has 4 aromatic rings. The van der Waals surface area contributed by atoms with Gasteiger partial charge < -0.3 is 4.74 Å². The van der Waals surface area contributed by atoms with Crippen molar-refractivity contribution in [2.45, 2.75) is 25.3 Å². The standard InChI is InChI=1S/C25H21F3N4O4S/c1-3-31-14-21(17-8-10-29-11-9-17)25(30-31)20-13-19(5-7-22(20)27)32(15-36-16(2)33)37(34,35)24-12-18(26)4-6-23(24)28/h4-14H,3,15H2,1-2H3. The molecule has 0 atom stereocenters. The number of aromatic nitrogens is 3. The molecule has 12 heteroatoms. The largest absolute Gasteiger partial charge is 0.443 e. The van der Waals surface area contributed by atoms with E-state index in [9.17, 15) is 22.0 Å². The topological polar surface area (TPSA) is 94.4 Å². The normalized spacial score (nSPS) is 11.4. The van der Waals surface area contributed by atoms with E-state index in [4.69, 9.17) is 4.74 Å². The number of anilines is 1. The fourth-order valence-corrected chi connectivity index (χ4v) is 5.00. The summed E-state index contributed by atoms with van der Waals surface area (Å²) in [6.45, 7) is 2.52. The zero-order valence-corrected chi connectivity index (χ0v) is 20.5. The summed E-state index contributed by atoms with van der Waals surface area (Å²) in [4.78, 5) is 14.5. The molecule has 0 radical (unpaired) electrons. The lowest BCUT2D eigenvalue weighted by atomic mass is 10.0. The van der Waals surface area contributed by atoms with E-state index in [1.165, 1.54) is 6.07 Å². The quantitative estimate of drug-likeness (QED) is 0.241. The van der Waals surface area contributed by atoms with Crippen LogP contribution in [0.4, 0.5) is 18.9 Å². The summed E-state index contributed by atoms with van der Waals surface area (Å²) >= 11 is 0. The molecule has 4 rings (SSSR count). The van der Waals surface area contributed by atoms with Crippen molar-refractivity contribution >= 4 is 21.7 Å². The van der Waals surface area contributed by atoms with E-state index in [0.717, 1.165) is 25.1 Å². The second-order valence-corrected chi connectivity index (χ2v) is 9.67. The van der Waals surface area contributed by atoms with Crippen molar-refractivity contribution in [3.05, 3.63) is 84.6 Å². The Kier molecular flexibility index (Phi) is 7.30. The molecule has 0 unspecified atom stereocenters. The summed E-state index contributed by atoms with van der Waals surface area (Å²) in [5, 5.41) is 4.45. The summed E-state index contributed by atoms with van der Waals surface area (Å²) in [5.74, 6) is -3.72. The third-order valence-electron chi connectivity index (χ3n) is 5.42. The zero-order chi connectivity index (χ0) is 26.7. The third kappa shape index (κ3) is 5.33. The average molecular weight is 531 g/mol. The minimum absolute atomic E-state index is 0.0562. The first-order valence-corrected chi connectivity index (χ1v) is 12.4. The van der Waals surface area contributed by atoms with Crippen LogP contribution in [0.5, 0.6) is 0 Å². The Balaban J connectivity index is 1.89. The van der Waals surface area contributed by atoms with E-state index in [1.807, 2.05) is 6.92 Å². The van der Waals surface area contributed by atoms with Crippen molar-refractivity contribution in [1.82, 2.24) is 14.8 Å². The van der Waals surface area contributed by atoms with Crippen LogP contribution in [0.15, 0.2) is 72.0 Å². The molecule has 0 aliphatic carbocycles. The molecule has 0 amide bonds. The van der Waals surface area contributed by atoms with Crippen LogP contribution in [0.3, 0.4) is 0 Å². The maximum absolute atomic E-state index is 15.2. The zero-order valence-electron chi connectivity index (χ0n) is 19.7. The maximum atomic E-state index is 15.2. The van der Waals surface area contributed by atoms with Gasteiger partial charge in [0.1, 0.15) is 28.0 Å². The summed E-state index contributed by atoms with van der Waals surface area (Å²) in [5.41, 5.74) is 1.26. The second kappa shape index (κ2) is 10.4. The summed E-state index contributed by atoms with van der Waals surface area (Å²) in [6.07, 6.45) is 4.85. The molecule has 37 heavy (non-hydrogen) atoms. The minimum atomic E-state index is -4.79. The van der Waals surface area contributed by atoms with E-state index < -0.39 is 45.1 Å². The van der Waals surface area contributed by atoms with Gasteiger partial charge >= 0.3 is 5.97 Å². The highest BCUT2D eigenvalue weighted by Crippen LogP contribution is 2.36. The van der Waals surface area contributed by atoms with Crippen LogP contribution in [0.2, 0.25) is 0 Å². The molecular weight excluding hydrogens is 509 g/mol. The van der Waals surface area contributed by atoms with Crippen molar-refractivity contribution < 1.29 is 31.1 Å². The fourth-order valence-electron chi connectivity index (χ4n) is 3.60. The number of benzene rings is 2. The molecule has 2 heterocycles. The lowest BCUT2D eigenvalue weighted by molar-refractivity contribution is -0.140. The van der Waals surface area contributed by atoms with Gasteiger partial charge in [0.15, 0.2) is 6.73 Å². The molecule has 0 N–H and O–H groups in total. The molecule has 192 valence electrons. The molecule has 0 fully saturated rings. The summed E-state index contributed by atoms with van der Waals surface area (Å²) in [7, 11) is -4.79. The van der Waals surface area contributed by atoms with Crippen LogP contribution in [-0.4, -0.2) is 35.9 Å². The first-order valence-electron chi connectivity index (χ1n) is 11.0. The number of hydrogen-bond acceptors (Lipinski definition) is 6. The number of carbonyl (C=O) groups is 1. The van der Waals surface area contributed by atoms with Gasteiger partial charge in [0.05, 0.1) is 5.69 Å². The Morgan fingerprint density at radius 2 is 1.70 bits per heavy atom. The first-order chi connectivity index (χ1) is 17.6. The van der Waals surface area contributed by atoms with Crippen LogP contribution in [0, 0.1) is 17.5 Å². The monoisotopic (exact) mass is 530 g/mol. The van der Waals surface area contributed by atoms with Crippen LogP contribution in [-0.2, 0) is 26.1 Å². The number of pyridine rings is 1. The SMILES string of the molecule is CCn1cc(-c2ccncc2)c(-c2cc(N(COC(C)=O)S(=O)(=O)c3cc(F)ccc3F)ccc2F)n1. The van der Waals surface area contributed by atoms with Gasteiger partial charge in [-0.25, -0.2) is 25.9 Å². The highest BCUT2D eigenvalue weighted by atomic mass is 32.2. The number of carbonyl (C=O) groups excluding carboxylic acids is 1. The molecule has 0 bridgehead atoms. The van der Waals surface area contributed by atoms with Gasteiger partial charge in [0.25, 0.3) is 10.0 Å². The Morgan fingerprint density at radius 3 is 2.38 bits per heavy atom. The summed E-state index contributed by atoms with van der Waals surface area (Å²) < 4.78 is 77.3. The molecule has 2 aromatic heterocycles. The molecule has 0 saturated heterocycles. The molecule has 0 aliphatic heterocycles. The lowest BCUT2D eigenvalue weighted by Gasteiger charge is -2.24. The van der Waals surface area contributed by atoms with Gasteiger partial charge in [-0.1, -0.05) is 0 Å². The van der Waals surface area contributed by atoms with Crippen molar-refractivity contribution in [3.63, 3.8) is 0 Å². The molecule has 2 aromatic carbocycles. The van der Waals surface area contributed by atoms with Gasteiger partial charge in [-0.3, -0.25) is 14.5 Å². The predicted octanol–water partition coefficient (Wildman–Crippen LogP) is 4.77. The smallest absolute Gasteiger partial charge is 0.304 e. The molecular formula is C25H21F3N4O4S. The van der Waals surface area contributed by atoms with Gasteiger partial charge in [-0.2, -0.15) is 5.10 Å². The van der Waals surface area contributed by atoms with Crippen LogP contribution >= 0.6 is 0 Å². The highest BCUT2D eigenvalue weighted by molar-refractivity contribution is 7.92. The highest BCUT2D eigenvalue weighted by Gasteiger charge is 2.30. The van der Waals surface area contributed by atoms with E-state index in [1.54, 1.807) is 35.4 Å². The predicted molar refractivity (Wildman–Crippen MR) is 129 cm³/mol. The van der Waals surface area contributed by atoms with E-state index in [-0.39, 0.29) is 16.9 Å². The number of nitrogens with zero attached hydrogens (tertiary/aromatic N) is 4. The van der Waals surface area contributed by atoms with Crippen molar-refractivity contribution in [2.24, 2.45) is 0 Å². The van der Waals surface area contributed by atoms with Crippen LogP contribution in [0.1, 0.15) is 13.8 Å². The number of rotatable bonds is 8. The van der Waals surface area contributed by atoms with E-state index in [2.05, 4.69) is 10.1 Å². The number of aryl methyl sites for hydroxylation is 1. The molecule has 0 saturated carbocycles. The Labute approximate surface area is 211 Å². The molecule has 0 spiro atoms. The first kappa shape index (κ1) is 25.9. The fraction of sp³-hybridized carbons (Fsp3) is 0.160. The number of hydrogen-bond donors (Lipinski definition) is 0. The van der Waals surface area contributed by atoms with Crippen molar-refractivity contribution in [1.29, 1.82) is 0 Å². The average Bonchev–Trinajstić information content (AvgIpc) is 3.31.